The minimum Gasteiger partial charge on any atom is -0.444 e. The Bertz CT molecular complexity index is 808. The highest BCUT2D eigenvalue weighted by Gasteiger charge is 2.32. The summed E-state index contributed by atoms with van der Waals surface area (Å²) in [6.45, 7) is 5.94. The van der Waals surface area contributed by atoms with Gasteiger partial charge in [0, 0.05) is 11.8 Å². The molecule has 0 saturated carbocycles. The lowest BCUT2D eigenvalue weighted by molar-refractivity contribution is 0.0239. The quantitative estimate of drug-likeness (QED) is 0.826. The maximum atomic E-state index is 12.4. The molecule has 1 aliphatic rings. The second-order valence-corrected chi connectivity index (χ2v) is 9.22. The fourth-order valence-electron chi connectivity index (χ4n) is 2.21. The number of thiophene rings is 1. The van der Waals surface area contributed by atoms with Gasteiger partial charge in [-0.05, 0) is 32.2 Å². The molecular weight excluding hydrogens is 338 g/mol. The van der Waals surface area contributed by atoms with Gasteiger partial charge in [0.05, 0.1) is 18.8 Å². The van der Waals surface area contributed by atoms with E-state index in [4.69, 9.17) is 4.74 Å². The summed E-state index contributed by atoms with van der Waals surface area (Å²) in [5.41, 5.74) is 0.728. The summed E-state index contributed by atoms with van der Waals surface area (Å²) in [7, 11) is -3.65. The van der Waals surface area contributed by atoms with E-state index in [0.717, 1.165) is 21.0 Å². The van der Waals surface area contributed by atoms with Gasteiger partial charge in [-0.1, -0.05) is 6.07 Å². The summed E-state index contributed by atoms with van der Waals surface area (Å²) < 4.78 is 31.4. The molecular formula is C14H17N3O4S2. The Balaban J connectivity index is 1.78. The number of hydrogen-bond acceptors (Lipinski definition) is 6. The first-order valence-corrected chi connectivity index (χ1v) is 9.33. The number of aromatic nitrogens is 2. The molecule has 0 spiro atoms. The Morgan fingerprint density at radius 2 is 2.09 bits per heavy atom. The van der Waals surface area contributed by atoms with Crippen LogP contribution in [0.1, 0.15) is 32.0 Å². The van der Waals surface area contributed by atoms with E-state index < -0.39 is 21.7 Å². The normalized spacial score (nSPS) is 14.8. The summed E-state index contributed by atoms with van der Waals surface area (Å²) in [5, 5.41) is 5.84. The maximum Gasteiger partial charge on any atom is 0.410 e. The van der Waals surface area contributed by atoms with E-state index in [0.29, 0.717) is 12.2 Å². The summed E-state index contributed by atoms with van der Waals surface area (Å²) >= 11 is 1.14. The van der Waals surface area contributed by atoms with Gasteiger partial charge in [-0.3, -0.25) is 4.90 Å². The van der Waals surface area contributed by atoms with Crippen LogP contribution >= 0.6 is 11.3 Å². The summed E-state index contributed by atoms with van der Waals surface area (Å²) in [4.78, 5) is 13.6. The first-order chi connectivity index (χ1) is 10.7. The number of hydrogen-bond donors (Lipinski definition) is 0. The van der Waals surface area contributed by atoms with Crippen molar-refractivity contribution in [2.45, 2.75) is 43.7 Å². The molecule has 0 atom stereocenters. The zero-order chi connectivity index (χ0) is 16.8. The first-order valence-electron chi connectivity index (χ1n) is 7.01. The number of carbonyl (C=O) groups is 1. The van der Waals surface area contributed by atoms with E-state index in [-0.39, 0.29) is 10.8 Å². The third-order valence-corrected chi connectivity index (χ3v) is 6.11. The van der Waals surface area contributed by atoms with Crippen LogP contribution in [0.3, 0.4) is 0 Å². The second-order valence-electron chi connectivity index (χ2n) is 6.25. The molecule has 1 aliphatic heterocycles. The van der Waals surface area contributed by atoms with Crippen molar-refractivity contribution >= 4 is 27.5 Å². The molecule has 0 saturated heterocycles. The van der Waals surface area contributed by atoms with Crippen LogP contribution in [0.15, 0.2) is 27.9 Å². The minimum atomic E-state index is -3.65. The van der Waals surface area contributed by atoms with Gasteiger partial charge >= 0.3 is 6.09 Å². The lowest BCUT2D eigenvalue weighted by atomic mass is 10.2. The third-order valence-electron chi connectivity index (χ3n) is 3.21. The number of fused-ring (bicyclic) bond motifs is 1. The molecule has 0 aromatic carbocycles. The molecule has 1 amide bonds. The van der Waals surface area contributed by atoms with E-state index >= 15 is 0 Å². The van der Waals surface area contributed by atoms with Crippen LogP contribution in [-0.2, 0) is 27.8 Å². The van der Waals surface area contributed by atoms with Crippen molar-refractivity contribution < 1.29 is 17.9 Å². The molecule has 0 bridgehead atoms. The highest BCUT2D eigenvalue weighted by molar-refractivity contribution is 7.91. The Kier molecular flexibility index (Phi) is 3.72. The number of amides is 1. The van der Waals surface area contributed by atoms with E-state index in [1.807, 2.05) is 0 Å². The van der Waals surface area contributed by atoms with Gasteiger partial charge in [0.2, 0.25) is 0 Å². The Labute approximate surface area is 138 Å². The Morgan fingerprint density at radius 3 is 2.65 bits per heavy atom. The van der Waals surface area contributed by atoms with Crippen LogP contribution in [0.25, 0.3) is 0 Å². The molecule has 2 aromatic heterocycles. The van der Waals surface area contributed by atoms with Crippen LogP contribution in [0, 0.1) is 0 Å². The van der Waals surface area contributed by atoms with Gasteiger partial charge in [0.1, 0.15) is 9.81 Å². The molecule has 0 radical (unpaired) electrons. The van der Waals surface area contributed by atoms with Crippen LogP contribution in [0.4, 0.5) is 4.79 Å². The lowest BCUT2D eigenvalue weighted by Crippen LogP contribution is -2.33. The first kappa shape index (κ1) is 16.0. The molecule has 0 N–H and O–H groups in total. The van der Waals surface area contributed by atoms with E-state index in [1.165, 1.54) is 11.1 Å². The Morgan fingerprint density at radius 1 is 1.35 bits per heavy atom. The number of carbonyl (C=O) groups excluding carboxylic acids is 1. The molecule has 0 unspecified atom stereocenters. The van der Waals surface area contributed by atoms with Crippen molar-refractivity contribution in [2.24, 2.45) is 0 Å². The summed E-state index contributed by atoms with van der Waals surface area (Å²) in [5.74, 6) is 0. The van der Waals surface area contributed by atoms with E-state index in [1.54, 1.807) is 38.3 Å². The highest BCUT2D eigenvalue weighted by Crippen LogP contribution is 2.26. The maximum absolute atomic E-state index is 12.4. The summed E-state index contributed by atoms with van der Waals surface area (Å²) in [6, 6.07) is 3.22. The SMILES string of the molecule is CC(C)(C)OC(=O)N1Cc2cn(S(=O)(=O)c3cccs3)nc2C1. The van der Waals surface area contributed by atoms with Crippen LogP contribution in [-0.4, -0.2) is 34.2 Å². The highest BCUT2D eigenvalue weighted by atomic mass is 32.2. The second kappa shape index (κ2) is 5.34. The largest absolute Gasteiger partial charge is 0.444 e. The standard InChI is InChI=1S/C14H17N3O4S2/c1-14(2,3)21-13(18)16-7-10-8-17(15-11(10)9-16)23(19,20)12-5-4-6-22-12/h4-6,8H,7,9H2,1-3H3. The van der Waals surface area contributed by atoms with Crippen molar-refractivity contribution in [1.82, 2.24) is 14.1 Å². The Hall–Kier alpha value is -1.87. The molecule has 0 fully saturated rings. The van der Waals surface area contributed by atoms with Crippen molar-refractivity contribution in [1.29, 1.82) is 0 Å². The van der Waals surface area contributed by atoms with Gasteiger partial charge in [-0.25, -0.2) is 4.79 Å². The van der Waals surface area contributed by atoms with Gasteiger partial charge in [0.25, 0.3) is 10.0 Å². The van der Waals surface area contributed by atoms with Crippen molar-refractivity contribution in [2.75, 3.05) is 0 Å². The summed E-state index contributed by atoms with van der Waals surface area (Å²) in [6.07, 6.45) is 1.04. The predicted octanol–water partition coefficient (Wildman–Crippen LogP) is 2.43. The minimum absolute atomic E-state index is 0.239. The van der Waals surface area contributed by atoms with Crippen LogP contribution < -0.4 is 0 Å². The smallest absolute Gasteiger partial charge is 0.410 e. The van der Waals surface area contributed by atoms with E-state index in [2.05, 4.69) is 5.10 Å². The number of ether oxygens (including phenoxy) is 1. The fraction of sp³-hybridized carbons (Fsp3) is 0.429. The number of nitrogens with zero attached hydrogens (tertiary/aromatic N) is 3. The predicted molar refractivity (Wildman–Crippen MR) is 84.6 cm³/mol. The molecule has 3 heterocycles. The molecule has 0 aliphatic carbocycles. The third kappa shape index (κ3) is 3.11. The number of rotatable bonds is 2. The molecule has 9 heteroatoms. The molecule has 124 valence electrons. The van der Waals surface area contributed by atoms with Crippen LogP contribution in [0.2, 0.25) is 0 Å². The van der Waals surface area contributed by atoms with Crippen LogP contribution in [0.5, 0.6) is 0 Å². The zero-order valence-corrected chi connectivity index (χ0v) is 14.6. The average Bonchev–Trinajstić information content (AvgIpc) is 3.12. The monoisotopic (exact) mass is 355 g/mol. The van der Waals surface area contributed by atoms with Gasteiger partial charge < -0.3 is 4.74 Å². The topological polar surface area (TPSA) is 81.5 Å². The van der Waals surface area contributed by atoms with Gasteiger partial charge in [0.15, 0.2) is 0 Å². The van der Waals surface area contributed by atoms with Gasteiger partial charge in [-0.2, -0.15) is 17.6 Å². The van der Waals surface area contributed by atoms with E-state index in [9.17, 15) is 13.2 Å². The molecule has 2 aromatic rings. The lowest BCUT2D eigenvalue weighted by Gasteiger charge is -2.24. The van der Waals surface area contributed by atoms with Gasteiger partial charge in [-0.15, -0.1) is 11.3 Å². The fourth-order valence-corrected chi connectivity index (χ4v) is 4.45. The average molecular weight is 355 g/mol. The van der Waals surface area contributed by atoms with Crippen molar-refractivity contribution in [3.05, 3.63) is 35.0 Å². The molecule has 3 rings (SSSR count). The molecule has 7 nitrogen and oxygen atoms in total. The molecule has 23 heavy (non-hydrogen) atoms. The van der Waals surface area contributed by atoms with Crippen molar-refractivity contribution in [3.63, 3.8) is 0 Å². The zero-order valence-electron chi connectivity index (χ0n) is 13.0. The van der Waals surface area contributed by atoms with Crippen molar-refractivity contribution in [3.8, 4) is 0 Å².